The standard InChI is InChI=1S/C20H23N3O3/c1-14(22-20(26)23-12-2-3-18(13-23)19(24)25)15-4-6-16(7-5-15)17-8-10-21-11-9-17/h4-11,14,18H,2-3,12-13H2,1H3,(H,22,26)(H,24,25). The van der Waals surface area contributed by atoms with Gasteiger partial charge in [-0.05, 0) is 48.6 Å². The molecule has 2 atom stereocenters. The predicted octanol–water partition coefficient (Wildman–Crippen LogP) is 3.32. The number of aliphatic carboxylic acids is 1. The van der Waals surface area contributed by atoms with Crippen LogP contribution in [0.25, 0.3) is 11.1 Å². The fourth-order valence-corrected chi connectivity index (χ4v) is 3.23. The second kappa shape index (κ2) is 7.99. The molecule has 2 N–H and O–H groups in total. The van der Waals surface area contributed by atoms with Crippen molar-refractivity contribution in [2.75, 3.05) is 13.1 Å². The van der Waals surface area contributed by atoms with Crippen LogP contribution >= 0.6 is 0 Å². The van der Waals surface area contributed by atoms with Crippen molar-refractivity contribution in [2.24, 2.45) is 5.92 Å². The van der Waals surface area contributed by atoms with E-state index in [2.05, 4.69) is 10.3 Å². The number of carbonyl (C=O) groups is 2. The highest BCUT2D eigenvalue weighted by atomic mass is 16.4. The van der Waals surface area contributed by atoms with Gasteiger partial charge < -0.3 is 15.3 Å². The lowest BCUT2D eigenvalue weighted by Gasteiger charge is -2.31. The van der Waals surface area contributed by atoms with E-state index in [1.165, 1.54) is 0 Å². The molecule has 2 unspecified atom stereocenters. The van der Waals surface area contributed by atoms with E-state index in [4.69, 9.17) is 5.11 Å². The van der Waals surface area contributed by atoms with Crippen molar-refractivity contribution in [3.05, 3.63) is 54.4 Å². The van der Waals surface area contributed by atoms with Gasteiger partial charge in [0.05, 0.1) is 12.0 Å². The molecular weight excluding hydrogens is 330 g/mol. The maximum absolute atomic E-state index is 12.5. The van der Waals surface area contributed by atoms with Gasteiger partial charge in [-0.3, -0.25) is 9.78 Å². The zero-order chi connectivity index (χ0) is 18.5. The van der Waals surface area contributed by atoms with Crippen LogP contribution in [0.15, 0.2) is 48.8 Å². The summed E-state index contributed by atoms with van der Waals surface area (Å²) in [6, 6.07) is 11.6. The van der Waals surface area contributed by atoms with Gasteiger partial charge in [0.2, 0.25) is 0 Å². The third kappa shape index (κ3) is 4.20. The monoisotopic (exact) mass is 353 g/mol. The number of benzene rings is 1. The van der Waals surface area contributed by atoms with Crippen molar-refractivity contribution in [1.29, 1.82) is 0 Å². The number of nitrogens with zero attached hydrogens (tertiary/aromatic N) is 2. The topological polar surface area (TPSA) is 82.5 Å². The molecule has 0 radical (unpaired) electrons. The Labute approximate surface area is 152 Å². The van der Waals surface area contributed by atoms with E-state index in [0.29, 0.717) is 13.0 Å². The van der Waals surface area contributed by atoms with Gasteiger partial charge in [-0.2, -0.15) is 0 Å². The molecule has 0 spiro atoms. The van der Waals surface area contributed by atoms with E-state index in [9.17, 15) is 9.59 Å². The van der Waals surface area contributed by atoms with E-state index in [1.807, 2.05) is 43.3 Å². The van der Waals surface area contributed by atoms with Gasteiger partial charge >= 0.3 is 12.0 Å². The van der Waals surface area contributed by atoms with Crippen LogP contribution in [-0.4, -0.2) is 40.1 Å². The predicted molar refractivity (Wildman–Crippen MR) is 98.6 cm³/mol. The number of amides is 2. The average Bonchev–Trinajstić information content (AvgIpc) is 2.68. The van der Waals surface area contributed by atoms with Gasteiger partial charge in [-0.1, -0.05) is 24.3 Å². The van der Waals surface area contributed by atoms with Crippen LogP contribution in [0, 0.1) is 5.92 Å². The number of carboxylic acid groups (broad SMARTS) is 1. The maximum atomic E-state index is 12.5. The first-order valence-electron chi connectivity index (χ1n) is 8.83. The van der Waals surface area contributed by atoms with Crippen LogP contribution in [0.2, 0.25) is 0 Å². The van der Waals surface area contributed by atoms with Crippen LogP contribution in [0.5, 0.6) is 0 Å². The minimum Gasteiger partial charge on any atom is -0.481 e. The minimum absolute atomic E-state index is 0.154. The summed E-state index contributed by atoms with van der Waals surface area (Å²) in [6.07, 6.45) is 4.87. The number of pyridine rings is 1. The number of nitrogens with one attached hydrogen (secondary N) is 1. The number of rotatable bonds is 4. The molecular formula is C20H23N3O3. The third-order valence-corrected chi connectivity index (χ3v) is 4.82. The second-order valence-corrected chi connectivity index (χ2v) is 6.65. The molecule has 1 aromatic heterocycles. The fraction of sp³-hybridized carbons (Fsp3) is 0.350. The van der Waals surface area contributed by atoms with E-state index in [-0.39, 0.29) is 18.6 Å². The summed E-state index contributed by atoms with van der Waals surface area (Å²) in [5, 5.41) is 12.1. The maximum Gasteiger partial charge on any atom is 0.317 e. The first-order valence-corrected chi connectivity index (χ1v) is 8.83. The molecule has 3 rings (SSSR count). The number of hydrogen-bond acceptors (Lipinski definition) is 3. The molecule has 2 aromatic rings. The van der Waals surface area contributed by atoms with Gasteiger partial charge in [-0.15, -0.1) is 0 Å². The summed E-state index contributed by atoms with van der Waals surface area (Å²) >= 11 is 0. The van der Waals surface area contributed by atoms with Crippen molar-refractivity contribution in [3.63, 3.8) is 0 Å². The summed E-state index contributed by atoms with van der Waals surface area (Å²) in [7, 11) is 0. The van der Waals surface area contributed by atoms with Crippen molar-refractivity contribution in [2.45, 2.75) is 25.8 Å². The zero-order valence-corrected chi connectivity index (χ0v) is 14.8. The highest BCUT2D eigenvalue weighted by Gasteiger charge is 2.28. The number of aromatic nitrogens is 1. The van der Waals surface area contributed by atoms with Crippen molar-refractivity contribution < 1.29 is 14.7 Å². The van der Waals surface area contributed by atoms with Crippen LogP contribution < -0.4 is 5.32 Å². The van der Waals surface area contributed by atoms with Crippen LogP contribution in [0.1, 0.15) is 31.4 Å². The Hall–Kier alpha value is -2.89. The molecule has 1 aromatic carbocycles. The Kier molecular flexibility index (Phi) is 5.51. The number of piperidine rings is 1. The fourth-order valence-electron chi connectivity index (χ4n) is 3.23. The first kappa shape index (κ1) is 17.9. The van der Waals surface area contributed by atoms with E-state index in [1.54, 1.807) is 17.3 Å². The molecule has 1 aliphatic rings. The van der Waals surface area contributed by atoms with E-state index >= 15 is 0 Å². The van der Waals surface area contributed by atoms with Gasteiger partial charge in [0.25, 0.3) is 0 Å². The largest absolute Gasteiger partial charge is 0.481 e. The Bertz CT molecular complexity index is 762. The minimum atomic E-state index is -0.831. The summed E-state index contributed by atoms with van der Waals surface area (Å²) < 4.78 is 0. The SMILES string of the molecule is CC(NC(=O)N1CCCC(C(=O)O)C1)c1ccc(-c2ccncc2)cc1. The molecule has 136 valence electrons. The molecule has 26 heavy (non-hydrogen) atoms. The molecule has 6 nitrogen and oxygen atoms in total. The smallest absolute Gasteiger partial charge is 0.317 e. The van der Waals surface area contributed by atoms with Crippen molar-refractivity contribution in [1.82, 2.24) is 15.2 Å². The normalized spacial score (nSPS) is 18.2. The second-order valence-electron chi connectivity index (χ2n) is 6.65. The molecule has 6 heteroatoms. The molecule has 2 amide bonds. The summed E-state index contributed by atoms with van der Waals surface area (Å²) in [4.78, 5) is 29.2. The summed E-state index contributed by atoms with van der Waals surface area (Å²) in [5.74, 6) is -1.30. The van der Waals surface area contributed by atoms with Gasteiger partial charge in [0.15, 0.2) is 0 Å². The van der Waals surface area contributed by atoms with Crippen LogP contribution in [-0.2, 0) is 4.79 Å². The number of hydrogen-bond donors (Lipinski definition) is 2. The van der Waals surface area contributed by atoms with E-state index in [0.717, 1.165) is 23.1 Å². The Morgan fingerprint density at radius 3 is 2.46 bits per heavy atom. The molecule has 1 saturated heterocycles. The summed E-state index contributed by atoms with van der Waals surface area (Å²) in [6.45, 7) is 2.80. The Balaban J connectivity index is 1.61. The van der Waals surface area contributed by atoms with Crippen molar-refractivity contribution >= 4 is 12.0 Å². The third-order valence-electron chi connectivity index (χ3n) is 4.82. The Morgan fingerprint density at radius 1 is 1.15 bits per heavy atom. The zero-order valence-electron chi connectivity index (χ0n) is 14.8. The number of carboxylic acids is 1. The highest BCUT2D eigenvalue weighted by Crippen LogP contribution is 2.22. The molecule has 2 heterocycles. The quantitative estimate of drug-likeness (QED) is 0.883. The Morgan fingerprint density at radius 2 is 1.81 bits per heavy atom. The molecule has 0 bridgehead atoms. The van der Waals surface area contributed by atoms with E-state index < -0.39 is 11.9 Å². The molecule has 0 saturated carbocycles. The number of likely N-dealkylation sites (tertiary alicyclic amines) is 1. The molecule has 0 aliphatic carbocycles. The number of carbonyl (C=O) groups excluding carboxylic acids is 1. The molecule has 1 aliphatic heterocycles. The average molecular weight is 353 g/mol. The lowest BCUT2D eigenvalue weighted by atomic mass is 9.98. The van der Waals surface area contributed by atoms with Gasteiger partial charge in [0, 0.05) is 25.5 Å². The summed E-state index contributed by atoms with van der Waals surface area (Å²) in [5.41, 5.74) is 3.19. The van der Waals surface area contributed by atoms with Crippen LogP contribution in [0.4, 0.5) is 4.79 Å². The van der Waals surface area contributed by atoms with Crippen molar-refractivity contribution in [3.8, 4) is 11.1 Å². The highest BCUT2D eigenvalue weighted by molar-refractivity contribution is 5.77. The lowest BCUT2D eigenvalue weighted by Crippen LogP contribution is -2.47. The van der Waals surface area contributed by atoms with Gasteiger partial charge in [0.1, 0.15) is 0 Å². The van der Waals surface area contributed by atoms with Gasteiger partial charge in [-0.25, -0.2) is 4.79 Å². The van der Waals surface area contributed by atoms with Crippen LogP contribution in [0.3, 0.4) is 0 Å². The number of urea groups is 1. The first-order chi connectivity index (χ1) is 12.5. The molecule has 1 fully saturated rings. The lowest BCUT2D eigenvalue weighted by molar-refractivity contribution is -0.143.